The van der Waals surface area contributed by atoms with Crippen LogP contribution in [0.5, 0.6) is 0 Å². The molecular formula is C28H28N4O3. The van der Waals surface area contributed by atoms with Gasteiger partial charge in [0.15, 0.2) is 0 Å². The lowest BCUT2D eigenvalue weighted by molar-refractivity contribution is -0.132. The highest BCUT2D eigenvalue weighted by atomic mass is 16.2. The zero-order chi connectivity index (χ0) is 24.7. The van der Waals surface area contributed by atoms with Gasteiger partial charge in [-0.15, -0.1) is 0 Å². The number of hydrogen-bond donors (Lipinski definition) is 3. The number of likely N-dealkylation sites (N-methyl/N-ethyl adjacent to an activating group) is 1. The quantitative estimate of drug-likeness (QED) is 0.547. The number of rotatable bonds is 4. The van der Waals surface area contributed by atoms with Crippen molar-refractivity contribution in [3.05, 3.63) is 83.9 Å². The van der Waals surface area contributed by atoms with Crippen LogP contribution in [-0.2, 0) is 20.8 Å². The van der Waals surface area contributed by atoms with Crippen LogP contribution >= 0.6 is 0 Å². The number of para-hydroxylation sites is 2. The van der Waals surface area contributed by atoms with Crippen molar-refractivity contribution >= 4 is 29.1 Å². The van der Waals surface area contributed by atoms with E-state index < -0.39 is 23.5 Å². The summed E-state index contributed by atoms with van der Waals surface area (Å²) in [5.74, 6) is -0.937. The van der Waals surface area contributed by atoms with Gasteiger partial charge in [-0.1, -0.05) is 60.7 Å². The molecule has 0 saturated carbocycles. The molecule has 35 heavy (non-hydrogen) atoms. The van der Waals surface area contributed by atoms with E-state index in [0.717, 1.165) is 33.6 Å². The van der Waals surface area contributed by atoms with Gasteiger partial charge in [0, 0.05) is 24.7 Å². The summed E-state index contributed by atoms with van der Waals surface area (Å²) in [5.41, 5.74) is 4.45. The predicted molar refractivity (Wildman–Crippen MR) is 136 cm³/mol. The summed E-state index contributed by atoms with van der Waals surface area (Å²) in [6.45, 7) is 3.45. The Morgan fingerprint density at radius 2 is 1.66 bits per heavy atom. The van der Waals surface area contributed by atoms with Crippen LogP contribution in [0.2, 0.25) is 0 Å². The van der Waals surface area contributed by atoms with Crippen LogP contribution in [0.3, 0.4) is 0 Å². The highest BCUT2D eigenvalue weighted by molar-refractivity contribution is 6.06. The van der Waals surface area contributed by atoms with Gasteiger partial charge in [0.25, 0.3) is 5.91 Å². The Morgan fingerprint density at radius 3 is 2.43 bits per heavy atom. The third-order valence-corrected chi connectivity index (χ3v) is 6.91. The second kappa shape index (κ2) is 8.58. The maximum Gasteiger partial charge on any atom is 0.253 e. The summed E-state index contributed by atoms with van der Waals surface area (Å²) in [6.07, 6.45) is 0.529. The SMILES string of the molecule is C[C@H](NC(=O)[C@]1(C)Cc2ccccc2N1)C(=O)NC1C(=O)N(C)c2ccccc2-c2ccccc21. The van der Waals surface area contributed by atoms with Crippen LogP contribution in [0.1, 0.15) is 31.0 Å². The van der Waals surface area contributed by atoms with Crippen LogP contribution < -0.4 is 20.9 Å². The fourth-order valence-electron chi connectivity index (χ4n) is 4.92. The molecule has 0 spiro atoms. The van der Waals surface area contributed by atoms with Gasteiger partial charge in [0.1, 0.15) is 17.6 Å². The van der Waals surface area contributed by atoms with Crippen LogP contribution in [0.4, 0.5) is 11.4 Å². The van der Waals surface area contributed by atoms with E-state index in [1.165, 1.54) is 0 Å². The first-order valence-electron chi connectivity index (χ1n) is 11.7. The lowest BCUT2D eigenvalue weighted by atomic mass is 9.95. The van der Waals surface area contributed by atoms with E-state index >= 15 is 0 Å². The summed E-state index contributed by atoms with van der Waals surface area (Å²) >= 11 is 0. The van der Waals surface area contributed by atoms with Crippen LogP contribution in [-0.4, -0.2) is 36.3 Å². The zero-order valence-electron chi connectivity index (χ0n) is 20.0. The van der Waals surface area contributed by atoms with Crippen molar-refractivity contribution in [1.82, 2.24) is 10.6 Å². The van der Waals surface area contributed by atoms with Crippen molar-refractivity contribution in [2.75, 3.05) is 17.3 Å². The Bertz CT molecular complexity index is 1310. The number of nitrogens with zero attached hydrogens (tertiary/aromatic N) is 1. The van der Waals surface area contributed by atoms with Crippen molar-refractivity contribution in [2.24, 2.45) is 0 Å². The molecule has 0 bridgehead atoms. The van der Waals surface area contributed by atoms with Crippen molar-refractivity contribution in [2.45, 2.75) is 37.9 Å². The largest absolute Gasteiger partial charge is 0.371 e. The third kappa shape index (κ3) is 3.93. The molecule has 3 atom stereocenters. The molecule has 1 unspecified atom stereocenters. The fraction of sp³-hybridized carbons (Fsp3) is 0.250. The smallest absolute Gasteiger partial charge is 0.253 e. The molecular weight excluding hydrogens is 440 g/mol. The van der Waals surface area contributed by atoms with Crippen molar-refractivity contribution in [3.63, 3.8) is 0 Å². The normalized spacial score (nSPS) is 21.1. The van der Waals surface area contributed by atoms with Crippen LogP contribution in [0, 0.1) is 0 Å². The van der Waals surface area contributed by atoms with Crippen molar-refractivity contribution in [1.29, 1.82) is 0 Å². The van der Waals surface area contributed by atoms with E-state index in [1.807, 2.05) is 79.7 Å². The molecule has 0 fully saturated rings. The molecule has 0 aromatic heterocycles. The first-order valence-corrected chi connectivity index (χ1v) is 11.7. The number of fused-ring (bicyclic) bond motifs is 4. The second-order valence-electron chi connectivity index (χ2n) is 9.43. The third-order valence-electron chi connectivity index (χ3n) is 6.91. The highest BCUT2D eigenvalue weighted by Crippen LogP contribution is 2.39. The van der Waals surface area contributed by atoms with E-state index in [0.29, 0.717) is 6.42 Å². The standard InChI is InChI=1S/C28H28N4O3/c1-17(29-27(35)28(2)16-18-10-4-8-14-22(18)31-28)25(33)30-24-21-13-6-5-11-19(21)20-12-7-9-15-23(20)32(3)26(24)34/h4-15,17,24,31H,16H2,1-3H3,(H,29,35)(H,30,33)/t17-,24?,28-/m0/s1. The van der Waals surface area contributed by atoms with E-state index in [9.17, 15) is 14.4 Å². The van der Waals surface area contributed by atoms with Gasteiger partial charge >= 0.3 is 0 Å². The monoisotopic (exact) mass is 468 g/mol. The highest BCUT2D eigenvalue weighted by Gasteiger charge is 2.40. The average molecular weight is 469 g/mol. The first-order chi connectivity index (χ1) is 16.8. The molecule has 0 radical (unpaired) electrons. The number of amides is 3. The molecule has 3 aromatic rings. The minimum atomic E-state index is -0.875. The van der Waals surface area contributed by atoms with E-state index in [2.05, 4.69) is 16.0 Å². The zero-order valence-corrected chi connectivity index (χ0v) is 20.0. The molecule has 0 saturated heterocycles. The summed E-state index contributed by atoms with van der Waals surface area (Å²) in [6, 6.07) is 21.3. The first kappa shape index (κ1) is 22.7. The molecule has 3 amide bonds. The minimum Gasteiger partial charge on any atom is -0.371 e. The van der Waals surface area contributed by atoms with Crippen molar-refractivity contribution < 1.29 is 14.4 Å². The number of hydrogen-bond acceptors (Lipinski definition) is 4. The van der Waals surface area contributed by atoms with Gasteiger partial charge in [0.05, 0.1) is 5.69 Å². The molecule has 5 rings (SSSR count). The van der Waals surface area contributed by atoms with Crippen molar-refractivity contribution in [3.8, 4) is 11.1 Å². The number of nitrogens with one attached hydrogen (secondary N) is 3. The van der Waals surface area contributed by atoms with Gasteiger partial charge in [-0.25, -0.2) is 0 Å². The van der Waals surface area contributed by atoms with Gasteiger partial charge in [-0.3, -0.25) is 14.4 Å². The van der Waals surface area contributed by atoms with E-state index in [4.69, 9.17) is 0 Å². The lowest BCUT2D eigenvalue weighted by Crippen LogP contribution is -2.55. The lowest BCUT2D eigenvalue weighted by Gasteiger charge is -2.27. The molecule has 2 aliphatic rings. The molecule has 7 heteroatoms. The Kier molecular flexibility index (Phi) is 5.55. The summed E-state index contributed by atoms with van der Waals surface area (Å²) in [4.78, 5) is 41.4. The minimum absolute atomic E-state index is 0.242. The Hall–Kier alpha value is -4.13. The number of benzene rings is 3. The molecule has 3 N–H and O–H groups in total. The molecule has 2 aliphatic heterocycles. The summed E-state index contributed by atoms with van der Waals surface area (Å²) < 4.78 is 0. The number of anilines is 2. The fourth-order valence-corrected chi connectivity index (χ4v) is 4.92. The van der Waals surface area contributed by atoms with Gasteiger partial charge < -0.3 is 20.9 Å². The predicted octanol–water partition coefficient (Wildman–Crippen LogP) is 3.42. The Labute approximate surface area is 204 Å². The van der Waals surface area contributed by atoms with E-state index in [1.54, 1.807) is 18.9 Å². The summed E-state index contributed by atoms with van der Waals surface area (Å²) in [7, 11) is 1.71. The number of carbonyl (C=O) groups is 3. The van der Waals surface area contributed by atoms with Gasteiger partial charge in [-0.05, 0) is 42.7 Å². The maximum atomic E-state index is 13.5. The molecule has 178 valence electrons. The molecule has 7 nitrogen and oxygen atoms in total. The Balaban J connectivity index is 1.35. The van der Waals surface area contributed by atoms with Crippen LogP contribution in [0.15, 0.2) is 72.8 Å². The van der Waals surface area contributed by atoms with Gasteiger partial charge in [0.2, 0.25) is 11.8 Å². The molecule has 0 aliphatic carbocycles. The summed E-state index contributed by atoms with van der Waals surface area (Å²) in [5, 5.41) is 9.00. The van der Waals surface area contributed by atoms with Gasteiger partial charge in [-0.2, -0.15) is 0 Å². The molecule has 3 aromatic carbocycles. The van der Waals surface area contributed by atoms with E-state index in [-0.39, 0.29) is 11.8 Å². The number of carbonyl (C=O) groups excluding carboxylic acids is 3. The topological polar surface area (TPSA) is 90.5 Å². The maximum absolute atomic E-state index is 13.5. The second-order valence-corrected chi connectivity index (χ2v) is 9.43. The van der Waals surface area contributed by atoms with Crippen LogP contribution in [0.25, 0.3) is 11.1 Å². The average Bonchev–Trinajstić information content (AvgIpc) is 3.20. The molecule has 2 heterocycles. The Morgan fingerprint density at radius 1 is 1.00 bits per heavy atom.